The molecule has 0 aliphatic carbocycles. The van der Waals surface area contributed by atoms with Crippen molar-refractivity contribution in [3.63, 3.8) is 0 Å². The van der Waals surface area contributed by atoms with Gasteiger partial charge in [0.2, 0.25) is 5.28 Å². The number of ether oxygens (including phenoxy) is 1. The number of aromatic nitrogens is 2. The molecule has 1 heterocycles. The molecule has 0 atom stereocenters. The van der Waals surface area contributed by atoms with E-state index in [0.29, 0.717) is 16.8 Å². The van der Waals surface area contributed by atoms with E-state index in [4.69, 9.17) is 11.6 Å². The summed E-state index contributed by atoms with van der Waals surface area (Å²) >= 11 is 5.67. The first kappa shape index (κ1) is 14.0. The lowest BCUT2D eigenvalue weighted by Gasteiger charge is -2.03. The predicted octanol–water partition coefficient (Wildman–Crippen LogP) is 2.97. The lowest BCUT2D eigenvalue weighted by Crippen LogP contribution is -2.01. The fraction of sp³-hybridized carbons (Fsp3) is 0.0714. The Hall–Kier alpha value is -2.40. The first-order valence-electron chi connectivity index (χ1n) is 5.68. The van der Waals surface area contributed by atoms with Crippen LogP contribution in [0.3, 0.4) is 0 Å². The Balaban J connectivity index is 2.33. The molecule has 0 aliphatic rings. The van der Waals surface area contributed by atoms with Gasteiger partial charge in [0.1, 0.15) is 5.76 Å². The van der Waals surface area contributed by atoms with Gasteiger partial charge in [0.05, 0.1) is 18.4 Å². The fourth-order valence-electron chi connectivity index (χ4n) is 1.57. The molecular weight excluding hydrogens is 280 g/mol. The molecule has 1 aromatic carbocycles. The minimum Gasteiger partial charge on any atom is -0.507 e. The largest absolute Gasteiger partial charge is 0.507 e. The van der Waals surface area contributed by atoms with Crippen LogP contribution in [0, 0.1) is 0 Å². The maximum atomic E-state index is 11.4. The van der Waals surface area contributed by atoms with E-state index in [9.17, 15) is 9.90 Å². The highest BCUT2D eigenvalue weighted by molar-refractivity contribution is 6.28. The number of methoxy groups -OCH3 is 1. The van der Waals surface area contributed by atoms with Gasteiger partial charge in [-0.05, 0) is 29.8 Å². The summed E-state index contributed by atoms with van der Waals surface area (Å²) in [6, 6.07) is 8.05. The second kappa shape index (κ2) is 6.16. The smallest absolute Gasteiger partial charge is 0.337 e. The maximum Gasteiger partial charge on any atom is 0.337 e. The van der Waals surface area contributed by atoms with Gasteiger partial charge >= 0.3 is 5.97 Å². The average molecular weight is 291 g/mol. The van der Waals surface area contributed by atoms with Gasteiger partial charge in [0, 0.05) is 17.8 Å². The van der Waals surface area contributed by atoms with Gasteiger partial charge < -0.3 is 9.84 Å². The summed E-state index contributed by atoms with van der Waals surface area (Å²) in [4.78, 5) is 19.1. The molecule has 0 aliphatic heterocycles. The van der Waals surface area contributed by atoms with Crippen molar-refractivity contribution in [3.05, 3.63) is 58.6 Å². The number of carbonyl (C=O) groups is 1. The summed E-state index contributed by atoms with van der Waals surface area (Å²) in [6.45, 7) is 0. The Morgan fingerprint density at radius 3 is 2.80 bits per heavy atom. The van der Waals surface area contributed by atoms with Crippen LogP contribution in [-0.4, -0.2) is 28.2 Å². The number of hydrogen-bond acceptors (Lipinski definition) is 5. The molecule has 0 saturated heterocycles. The second-order valence-corrected chi connectivity index (χ2v) is 4.19. The molecule has 2 rings (SSSR count). The molecule has 1 N–H and O–H groups in total. The predicted molar refractivity (Wildman–Crippen MR) is 75.3 cm³/mol. The third kappa shape index (κ3) is 3.33. The number of halogens is 1. The van der Waals surface area contributed by atoms with E-state index in [2.05, 4.69) is 14.7 Å². The number of aliphatic hydroxyl groups excluding tert-OH is 1. The second-order valence-electron chi connectivity index (χ2n) is 3.85. The standard InChI is InChI=1S/C14H11ClN2O3/c1-20-13(19)10-4-2-3-9(7-10)12(18)8-11-5-6-16-14(15)17-11/h2-8,18H,1H3/b12-8+. The molecule has 0 spiro atoms. The summed E-state index contributed by atoms with van der Waals surface area (Å²) < 4.78 is 4.63. The summed E-state index contributed by atoms with van der Waals surface area (Å²) in [5, 5.41) is 10.1. The van der Waals surface area contributed by atoms with Crippen LogP contribution in [0.15, 0.2) is 36.5 Å². The van der Waals surface area contributed by atoms with Gasteiger partial charge in [-0.3, -0.25) is 0 Å². The zero-order valence-corrected chi connectivity index (χ0v) is 11.3. The molecule has 102 valence electrons. The van der Waals surface area contributed by atoms with E-state index in [0.717, 1.165) is 0 Å². The van der Waals surface area contributed by atoms with Gasteiger partial charge in [-0.25, -0.2) is 14.8 Å². The molecular formula is C14H11ClN2O3. The van der Waals surface area contributed by atoms with E-state index >= 15 is 0 Å². The van der Waals surface area contributed by atoms with E-state index in [1.807, 2.05) is 0 Å². The molecule has 0 unspecified atom stereocenters. The van der Waals surface area contributed by atoms with Crippen molar-refractivity contribution in [1.29, 1.82) is 0 Å². The van der Waals surface area contributed by atoms with Crippen LogP contribution in [0.25, 0.3) is 11.8 Å². The molecule has 0 radical (unpaired) electrons. The van der Waals surface area contributed by atoms with Gasteiger partial charge in [-0.2, -0.15) is 0 Å². The number of aliphatic hydroxyl groups is 1. The SMILES string of the molecule is COC(=O)c1cccc(/C(O)=C\c2ccnc(Cl)n2)c1. The van der Waals surface area contributed by atoms with Gasteiger partial charge in [-0.15, -0.1) is 0 Å². The normalized spacial score (nSPS) is 11.2. The summed E-state index contributed by atoms with van der Waals surface area (Å²) in [5.74, 6) is -0.504. The van der Waals surface area contributed by atoms with Crippen molar-refractivity contribution in [2.45, 2.75) is 0 Å². The van der Waals surface area contributed by atoms with Crippen LogP contribution in [0.2, 0.25) is 5.28 Å². The van der Waals surface area contributed by atoms with Crippen LogP contribution < -0.4 is 0 Å². The Kier molecular flexibility index (Phi) is 4.32. The zero-order valence-electron chi connectivity index (χ0n) is 10.6. The van der Waals surface area contributed by atoms with Gasteiger partial charge in [0.25, 0.3) is 0 Å². The molecule has 5 nitrogen and oxygen atoms in total. The first-order valence-corrected chi connectivity index (χ1v) is 6.06. The number of hydrogen-bond donors (Lipinski definition) is 1. The highest BCUT2D eigenvalue weighted by atomic mass is 35.5. The van der Waals surface area contributed by atoms with E-state index < -0.39 is 5.97 Å². The molecule has 0 saturated carbocycles. The van der Waals surface area contributed by atoms with Crippen molar-refractivity contribution >= 4 is 29.4 Å². The minimum atomic E-state index is -0.468. The topological polar surface area (TPSA) is 72.3 Å². The lowest BCUT2D eigenvalue weighted by atomic mass is 10.1. The summed E-state index contributed by atoms with van der Waals surface area (Å²) in [7, 11) is 1.30. The van der Waals surface area contributed by atoms with E-state index in [1.54, 1.807) is 24.3 Å². The number of benzene rings is 1. The Labute approximate surface area is 120 Å². The number of carbonyl (C=O) groups excluding carboxylic acids is 1. The molecule has 20 heavy (non-hydrogen) atoms. The van der Waals surface area contributed by atoms with E-state index in [-0.39, 0.29) is 11.0 Å². The highest BCUT2D eigenvalue weighted by Gasteiger charge is 2.08. The van der Waals surface area contributed by atoms with Crippen LogP contribution in [0.4, 0.5) is 0 Å². The fourth-order valence-corrected chi connectivity index (χ4v) is 1.73. The monoisotopic (exact) mass is 290 g/mol. The van der Waals surface area contributed by atoms with Crippen LogP contribution in [-0.2, 0) is 4.74 Å². The number of esters is 1. The van der Waals surface area contributed by atoms with Crippen LogP contribution >= 0.6 is 11.6 Å². The Morgan fingerprint density at radius 2 is 2.10 bits per heavy atom. The number of rotatable bonds is 3. The molecule has 0 bridgehead atoms. The molecule has 0 amide bonds. The molecule has 6 heteroatoms. The minimum absolute atomic E-state index is 0.0366. The van der Waals surface area contributed by atoms with Crippen molar-refractivity contribution in [2.75, 3.05) is 7.11 Å². The molecule has 0 fully saturated rings. The number of nitrogens with zero attached hydrogens (tertiary/aromatic N) is 2. The highest BCUT2D eigenvalue weighted by Crippen LogP contribution is 2.17. The van der Waals surface area contributed by atoms with Gasteiger partial charge in [-0.1, -0.05) is 12.1 Å². The molecule has 2 aromatic rings. The Morgan fingerprint density at radius 1 is 1.35 bits per heavy atom. The van der Waals surface area contributed by atoms with E-state index in [1.165, 1.54) is 25.4 Å². The van der Waals surface area contributed by atoms with Crippen molar-refractivity contribution in [2.24, 2.45) is 0 Å². The van der Waals surface area contributed by atoms with Gasteiger partial charge in [0.15, 0.2) is 0 Å². The zero-order chi connectivity index (χ0) is 14.5. The third-order valence-electron chi connectivity index (χ3n) is 2.51. The first-order chi connectivity index (χ1) is 9.60. The van der Waals surface area contributed by atoms with Crippen LogP contribution in [0.5, 0.6) is 0 Å². The quantitative estimate of drug-likeness (QED) is 0.534. The van der Waals surface area contributed by atoms with Crippen LogP contribution in [0.1, 0.15) is 21.6 Å². The van der Waals surface area contributed by atoms with Crippen molar-refractivity contribution in [3.8, 4) is 0 Å². The summed E-state index contributed by atoms with van der Waals surface area (Å²) in [5.41, 5.74) is 1.29. The Bertz CT molecular complexity index is 671. The average Bonchev–Trinajstić information content (AvgIpc) is 2.46. The maximum absolute atomic E-state index is 11.4. The molecule has 1 aromatic heterocycles. The van der Waals surface area contributed by atoms with Crippen molar-refractivity contribution in [1.82, 2.24) is 9.97 Å². The lowest BCUT2D eigenvalue weighted by molar-refractivity contribution is 0.0600. The summed E-state index contributed by atoms with van der Waals surface area (Å²) in [6.07, 6.45) is 2.92. The third-order valence-corrected chi connectivity index (χ3v) is 2.69. The van der Waals surface area contributed by atoms with Crippen molar-refractivity contribution < 1.29 is 14.6 Å².